The van der Waals surface area contributed by atoms with Gasteiger partial charge in [0.15, 0.2) is 50.3 Å². The lowest BCUT2D eigenvalue weighted by Crippen LogP contribution is -2.71. The van der Waals surface area contributed by atoms with Gasteiger partial charge < -0.3 is 224 Å². The Hall–Kier alpha value is -3.76. The van der Waals surface area contributed by atoms with Gasteiger partial charge in [-0.1, -0.05) is 0 Å². The molecule has 648 valence electrons. The van der Waals surface area contributed by atoms with E-state index in [0.717, 1.165) is 27.7 Å². The molecule has 9 aliphatic heterocycles. The van der Waals surface area contributed by atoms with E-state index in [2.05, 4.69) is 21.3 Å². The maximum Gasteiger partial charge on any atom is 0.217 e. The van der Waals surface area contributed by atoms with Crippen LogP contribution in [0.25, 0.3) is 0 Å². The van der Waals surface area contributed by atoms with Crippen molar-refractivity contribution in [1.82, 2.24) is 21.3 Å². The number of rotatable bonds is 29. The monoisotopic (exact) mass is 1640 g/mol. The topological polar surface area (TPSA) is 759 Å². The van der Waals surface area contributed by atoms with E-state index in [1.165, 1.54) is 6.92 Å². The van der Waals surface area contributed by atoms with Gasteiger partial charge in [0.05, 0.1) is 71.6 Å². The molecule has 112 heavy (non-hydrogen) atoms. The number of ether oxygens (including phenoxy) is 17. The Morgan fingerprint density at radius 3 is 0.839 bits per heavy atom. The summed E-state index contributed by atoms with van der Waals surface area (Å²) in [5, 5.41) is 277. The van der Waals surface area contributed by atoms with Gasteiger partial charge >= 0.3 is 0 Å². The van der Waals surface area contributed by atoms with Gasteiger partial charge in [0.25, 0.3) is 0 Å². The molecule has 0 bridgehead atoms. The number of hydrogen-bond acceptors (Lipinski definition) is 45. The molecule has 0 radical (unpaired) electrons. The van der Waals surface area contributed by atoms with Crippen LogP contribution >= 0.6 is 0 Å². The van der Waals surface area contributed by atoms with Gasteiger partial charge in [-0.15, -0.1) is 0 Å². The molecule has 0 spiro atoms. The highest BCUT2D eigenvalue weighted by atomic mass is 16.8. The van der Waals surface area contributed by atoms with E-state index >= 15 is 0 Å². The first-order valence-electron chi connectivity index (χ1n) is 36.0. The molecule has 0 aliphatic carbocycles. The molecule has 4 amide bonds. The minimum Gasteiger partial charge on any atom is -0.394 e. The maximum atomic E-state index is 13.0. The van der Waals surface area contributed by atoms with E-state index in [1.54, 1.807) is 0 Å². The van der Waals surface area contributed by atoms with Crippen molar-refractivity contribution in [2.24, 2.45) is 0 Å². The van der Waals surface area contributed by atoms with E-state index in [4.69, 9.17) is 80.5 Å². The van der Waals surface area contributed by atoms with Crippen molar-refractivity contribution in [3.05, 3.63) is 0 Å². The average Bonchev–Trinajstić information content (AvgIpc) is 0.983. The number of amides is 4. The molecule has 9 aliphatic rings. The summed E-state index contributed by atoms with van der Waals surface area (Å²) in [7, 11) is 0. The minimum atomic E-state index is -2.55. The molecule has 0 saturated carbocycles. The third kappa shape index (κ3) is 20.2. The number of nitrogens with one attached hydrogen (secondary N) is 4. The van der Waals surface area contributed by atoms with Gasteiger partial charge in [0, 0.05) is 27.7 Å². The molecule has 9 fully saturated rings. The molecule has 45 atom stereocenters. The van der Waals surface area contributed by atoms with Crippen LogP contribution in [0.1, 0.15) is 34.6 Å². The van der Waals surface area contributed by atoms with Crippen LogP contribution in [0.3, 0.4) is 0 Å². The van der Waals surface area contributed by atoms with E-state index in [1.807, 2.05) is 0 Å². The average molecular weight is 1640 g/mol. The Morgan fingerprint density at radius 2 is 0.491 bits per heavy atom. The molecule has 28 N–H and O–H groups in total. The molecule has 19 unspecified atom stereocenters. The van der Waals surface area contributed by atoms with Crippen molar-refractivity contribution in [3.8, 4) is 0 Å². The molecule has 9 rings (SSSR count). The summed E-state index contributed by atoms with van der Waals surface area (Å²) in [6, 6.07) is -6.90. The predicted molar refractivity (Wildman–Crippen MR) is 347 cm³/mol. The molecule has 9 saturated heterocycles. The Bertz CT molecular complexity index is 2970. The number of carbonyl (C=O) groups is 4. The van der Waals surface area contributed by atoms with Crippen LogP contribution in [-0.4, -0.2) is 482 Å². The lowest BCUT2D eigenvalue weighted by molar-refractivity contribution is -0.398. The smallest absolute Gasteiger partial charge is 0.217 e. The maximum absolute atomic E-state index is 13.0. The van der Waals surface area contributed by atoms with Gasteiger partial charge in [-0.05, 0) is 6.92 Å². The van der Waals surface area contributed by atoms with Gasteiger partial charge in [-0.25, -0.2) is 0 Å². The third-order valence-electron chi connectivity index (χ3n) is 20.6. The second-order valence-corrected chi connectivity index (χ2v) is 28.5. The van der Waals surface area contributed by atoms with Gasteiger partial charge in [-0.3, -0.25) is 19.2 Å². The number of aliphatic hydroxyl groups excluding tert-OH is 24. The van der Waals surface area contributed by atoms with Crippen LogP contribution in [0.4, 0.5) is 0 Å². The zero-order chi connectivity index (χ0) is 82.5. The normalized spacial score (nSPS) is 48.9. The van der Waals surface area contributed by atoms with Crippen molar-refractivity contribution in [2.75, 3.05) is 59.5 Å². The largest absolute Gasteiger partial charge is 0.394 e. The highest BCUT2D eigenvalue weighted by molar-refractivity contribution is 5.74. The fourth-order valence-electron chi connectivity index (χ4n) is 14.7. The lowest BCUT2D eigenvalue weighted by atomic mass is 9.92. The summed E-state index contributed by atoms with van der Waals surface area (Å²) in [4.78, 5) is 51.1. The van der Waals surface area contributed by atoms with Crippen molar-refractivity contribution in [1.29, 1.82) is 0 Å². The number of hydrogen-bond donors (Lipinski definition) is 28. The van der Waals surface area contributed by atoms with Crippen molar-refractivity contribution in [2.45, 2.75) is 311 Å². The Morgan fingerprint density at radius 1 is 0.241 bits per heavy atom. The summed E-state index contributed by atoms with van der Waals surface area (Å²) in [6.07, 6.45) is -82.9. The van der Waals surface area contributed by atoms with Crippen LogP contribution in [0, 0.1) is 0 Å². The van der Waals surface area contributed by atoms with Gasteiger partial charge in [0.1, 0.15) is 213 Å². The van der Waals surface area contributed by atoms with Crippen LogP contribution in [0.5, 0.6) is 0 Å². The summed E-state index contributed by atoms with van der Waals surface area (Å²) < 4.78 is 101. The number of carbonyl (C=O) groups excluding carboxylic acids is 4. The first kappa shape index (κ1) is 92.1. The predicted octanol–water partition coefficient (Wildman–Crippen LogP) is -19.0. The van der Waals surface area contributed by atoms with Crippen molar-refractivity contribution < 1.29 is 222 Å². The van der Waals surface area contributed by atoms with Gasteiger partial charge in [0.2, 0.25) is 23.6 Å². The summed E-state index contributed by atoms with van der Waals surface area (Å²) in [6.45, 7) is -4.12. The quantitative estimate of drug-likeness (QED) is 0.0331. The zero-order valence-electron chi connectivity index (χ0n) is 60.7. The van der Waals surface area contributed by atoms with E-state index in [9.17, 15) is 142 Å². The van der Waals surface area contributed by atoms with Crippen molar-refractivity contribution in [3.63, 3.8) is 0 Å². The second-order valence-electron chi connectivity index (χ2n) is 28.5. The molecule has 0 aromatic heterocycles. The molecule has 49 nitrogen and oxygen atoms in total. The van der Waals surface area contributed by atoms with Crippen LogP contribution in [-0.2, 0) is 99.7 Å². The molecule has 9 heterocycles. The molecular weight excluding hydrogens is 1530 g/mol. The Kier molecular flexibility index (Phi) is 33.2. The third-order valence-corrected chi connectivity index (χ3v) is 20.6. The fraction of sp³-hybridized carbons (Fsp3) is 0.937. The summed E-state index contributed by atoms with van der Waals surface area (Å²) in [5.74, 6) is -3.40. The molecule has 49 heteroatoms. The standard InChI is InChI=1S/C63H106N4O45/c1-15-29(64-16(2)76)38(85)49(24(10-72)97-15)106-56-30(65-17(3)77)39(86)52(27(13-75)102-56)109-61-48(95)53(110-63-55(45(92)36(83)23(9-71)101-63)112-58-32(67-19(5)79)41(88)51(26(12-74)104-58)108-60-47(94)43(90)34(81)21(7-69)99-60)37(84)28(105-61)14-96-62-54(44(91)35(82)22(8-70)100-62)111-57-31(66-18(4)78)40(87)50(25(11-73)103-57)107-59-46(93)42(89)33(80)20(6-68)98-59/h15,20-63,68-75,80-95H,6-14H2,1-5H3,(H,64,76)(H,65,77)(H,66,78)(H,67,79)/t15-,20?,21?,22?,23?,24?,25+,26?,27?,28?,29?,30?,31?,32?,33-,34-,35-,36-,37-,38+,39+,40?,41+,42-,43-,44-,45?,46?,47?,48?,49-,50+,51-,52-,53-,54?,55?,56-,57+,58-,59-,60-,61-,62+,63-/m0/s1. The zero-order valence-corrected chi connectivity index (χ0v) is 60.7. The first-order chi connectivity index (χ1) is 53.0. The molecular formula is C63H106N4O45. The second kappa shape index (κ2) is 40.3. The highest BCUT2D eigenvalue weighted by Crippen LogP contribution is 2.40. The van der Waals surface area contributed by atoms with Crippen LogP contribution in [0.2, 0.25) is 0 Å². The van der Waals surface area contributed by atoms with Gasteiger partial charge in [-0.2, -0.15) is 0 Å². The Labute approximate surface area is 635 Å². The highest BCUT2D eigenvalue weighted by Gasteiger charge is 2.61. The summed E-state index contributed by atoms with van der Waals surface area (Å²) in [5.41, 5.74) is 0. The number of aliphatic hydroxyl groups is 24. The SMILES string of the molecule is CC(=O)NC1C(O)[C@H](O[C@@H]2OC(CO)[C@H](O)[C@H](O)C2O)[C@@H](CO)O[C@@H]1OC1[C@H](OCC2O[C@@H](O[C@H]3C(CO)O[C@@H](O[C@H]4C(CO)O[C@@H](C)C(NC(C)=O)[C@H]4O)C(NC(C)=O)[C@H]3O)C(O)[C@@H](O[C@@H]3OC(CO)[C@H](O)C(O)C3O[C@@H]3OC(CO)[C@H](O[C@@H]4OC(CO)[C@H](O)[C@H](O)C4O)[C@H](O)C3NC(C)=O)[C@H]2O)OC(CO)[C@H](O)[C@@H]1O. The van der Waals surface area contributed by atoms with Crippen molar-refractivity contribution >= 4 is 23.6 Å². The molecule has 0 aromatic rings. The van der Waals surface area contributed by atoms with E-state index < -0.39 is 359 Å². The fourth-order valence-corrected chi connectivity index (χ4v) is 14.7. The first-order valence-corrected chi connectivity index (χ1v) is 36.0. The molecule has 0 aromatic carbocycles. The summed E-state index contributed by atoms with van der Waals surface area (Å²) >= 11 is 0. The van der Waals surface area contributed by atoms with Crippen LogP contribution < -0.4 is 21.3 Å². The minimum absolute atomic E-state index is 0.628. The lowest BCUT2D eigenvalue weighted by Gasteiger charge is -2.51. The van der Waals surface area contributed by atoms with E-state index in [-0.39, 0.29) is 0 Å². The Balaban J connectivity index is 1.05. The van der Waals surface area contributed by atoms with E-state index in [0.29, 0.717) is 0 Å². The van der Waals surface area contributed by atoms with Crippen LogP contribution in [0.15, 0.2) is 0 Å².